The van der Waals surface area contributed by atoms with Crippen molar-refractivity contribution in [3.63, 3.8) is 0 Å². The fourth-order valence-electron chi connectivity index (χ4n) is 3.84. The lowest BCUT2D eigenvalue weighted by atomic mass is 10.1. The zero-order chi connectivity index (χ0) is 23.5. The van der Waals surface area contributed by atoms with Crippen LogP contribution in [0, 0.1) is 6.92 Å². The average Bonchev–Trinajstić information content (AvgIpc) is 3.28. The minimum absolute atomic E-state index is 0.369. The van der Waals surface area contributed by atoms with Crippen LogP contribution in [0.2, 0.25) is 0 Å². The fourth-order valence-corrected chi connectivity index (χ4v) is 4.03. The second-order valence-electron chi connectivity index (χ2n) is 7.92. The molecule has 0 aliphatic heterocycles. The quantitative estimate of drug-likeness (QED) is 0.265. The number of fused-ring (bicyclic) bond motifs is 1. The third-order valence-corrected chi connectivity index (χ3v) is 5.75. The highest BCUT2D eigenvalue weighted by Crippen LogP contribution is 2.24. The van der Waals surface area contributed by atoms with E-state index < -0.39 is 0 Å². The van der Waals surface area contributed by atoms with Crippen molar-refractivity contribution in [3.8, 4) is 16.9 Å². The first kappa shape index (κ1) is 21.6. The number of benzene rings is 3. The third-order valence-electron chi connectivity index (χ3n) is 5.51. The van der Waals surface area contributed by atoms with E-state index in [0.29, 0.717) is 17.2 Å². The second kappa shape index (κ2) is 9.33. The maximum absolute atomic E-state index is 11.7. The summed E-state index contributed by atoms with van der Waals surface area (Å²) in [5, 5.41) is 12.6. The number of rotatable bonds is 5. The zero-order valence-electron chi connectivity index (χ0n) is 18.5. The van der Waals surface area contributed by atoms with Crippen LogP contribution < -0.4 is 16.3 Å². The van der Waals surface area contributed by atoms with E-state index in [2.05, 4.69) is 10.6 Å². The van der Waals surface area contributed by atoms with Crippen molar-refractivity contribution in [1.29, 1.82) is 0 Å². The van der Waals surface area contributed by atoms with Crippen LogP contribution >= 0.6 is 12.2 Å². The molecule has 0 atom stereocenters. The van der Waals surface area contributed by atoms with Crippen molar-refractivity contribution in [1.82, 2.24) is 15.1 Å². The molecule has 168 valence electrons. The summed E-state index contributed by atoms with van der Waals surface area (Å²) in [6.07, 6.45) is 2.01. The SMILES string of the molecule is Cc1cc(=O)oc2cc(NC(=S)NCc3cn(-c4ccccc4)nc3-c3ccccc3)ccc12. The number of para-hydroxylation sites is 1. The summed E-state index contributed by atoms with van der Waals surface area (Å²) >= 11 is 5.53. The monoisotopic (exact) mass is 466 g/mol. The van der Waals surface area contributed by atoms with Gasteiger partial charge in [0.2, 0.25) is 0 Å². The Morgan fingerprint density at radius 2 is 1.74 bits per heavy atom. The molecule has 5 rings (SSSR count). The van der Waals surface area contributed by atoms with Gasteiger partial charge in [0.25, 0.3) is 0 Å². The number of hydrogen-bond donors (Lipinski definition) is 2. The van der Waals surface area contributed by atoms with E-state index in [4.69, 9.17) is 21.7 Å². The highest BCUT2D eigenvalue weighted by molar-refractivity contribution is 7.80. The number of aromatic nitrogens is 2. The van der Waals surface area contributed by atoms with E-state index in [9.17, 15) is 4.79 Å². The average molecular weight is 467 g/mol. The van der Waals surface area contributed by atoms with Crippen molar-refractivity contribution in [2.24, 2.45) is 0 Å². The van der Waals surface area contributed by atoms with E-state index in [1.807, 2.05) is 90.6 Å². The Hall–Kier alpha value is -4.23. The molecule has 0 aliphatic rings. The van der Waals surface area contributed by atoms with Gasteiger partial charge in [0, 0.05) is 47.1 Å². The largest absolute Gasteiger partial charge is 0.423 e. The van der Waals surface area contributed by atoms with Crippen LogP contribution in [0.4, 0.5) is 5.69 Å². The van der Waals surface area contributed by atoms with E-state index >= 15 is 0 Å². The highest BCUT2D eigenvalue weighted by Gasteiger charge is 2.13. The summed E-state index contributed by atoms with van der Waals surface area (Å²) in [7, 11) is 0. The number of nitrogens with one attached hydrogen (secondary N) is 2. The molecular weight excluding hydrogens is 444 g/mol. The van der Waals surface area contributed by atoms with E-state index in [0.717, 1.165) is 39.1 Å². The van der Waals surface area contributed by atoms with Crippen LogP contribution in [0.25, 0.3) is 27.9 Å². The molecule has 0 radical (unpaired) electrons. The lowest BCUT2D eigenvalue weighted by Crippen LogP contribution is -2.27. The molecule has 2 heterocycles. The van der Waals surface area contributed by atoms with Crippen molar-refractivity contribution in [2.45, 2.75) is 13.5 Å². The lowest BCUT2D eigenvalue weighted by molar-refractivity contribution is 0.560. The molecule has 0 amide bonds. The Morgan fingerprint density at radius 1 is 1.00 bits per heavy atom. The smallest absolute Gasteiger partial charge is 0.336 e. The Kier molecular flexibility index (Phi) is 5.93. The van der Waals surface area contributed by atoms with Gasteiger partial charge in [-0.3, -0.25) is 0 Å². The molecule has 0 unspecified atom stereocenters. The van der Waals surface area contributed by atoms with Crippen LogP contribution in [0.5, 0.6) is 0 Å². The van der Waals surface area contributed by atoms with E-state index in [-0.39, 0.29) is 5.63 Å². The molecule has 2 N–H and O–H groups in total. The van der Waals surface area contributed by atoms with Crippen LogP contribution in [0.3, 0.4) is 0 Å². The Bertz CT molecular complexity index is 1530. The molecular formula is C27H22N4O2S. The Balaban J connectivity index is 1.36. The number of thiocarbonyl (C=S) groups is 1. The molecule has 2 aromatic heterocycles. The van der Waals surface area contributed by atoms with E-state index in [1.165, 1.54) is 6.07 Å². The van der Waals surface area contributed by atoms with Crippen LogP contribution in [-0.2, 0) is 6.54 Å². The first-order valence-electron chi connectivity index (χ1n) is 10.9. The fraction of sp³-hybridized carbons (Fsp3) is 0.0741. The number of aryl methyl sites for hydroxylation is 1. The first-order chi connectivity index (χ1) is 16.6. The van der Waals surface area contributed by atoms with Gasteiger partial charge in [-0.05, 0) is 49.0 Å². The first-order valence-corrected chi connectivity index (χ1v) is 11.3. The number of nitrogens with zero attached hydrogens (tertiary/aromatic N) is 2. The molecule has 34 heavy (non-hydrogen) atoms. The maximum Gasteiger partial charge on any atom is 0.336 e. The minimum Gasteiger partial charge on any atom is -0.423 e. The molecule has 6 nitrogen and oxygen atoms in total. The predicted molar refractivity (Wildman–Crippen MR) is 139 cm³/mol. The van der Waals surface area contributed by atoms with Gasteiger partial charge in [-0.15, -0.1) is 0 Å². The van der Waals surface area contributed by atoms with Gasteiger partial charge in [0.1, 0.15) is 5.58 Å². The molecule has 5 aromatic rings. The Labute approximate surface area is 201 Å². The summed E-state index contributed by atoms with van der Waals surface area (Å²) in [5.41, 5.74) is 5.69. The highest BCUT2D eigenvalue weighted by atomic mass is 32.1. The summed E-state index contributed by atoms with van der Waals surface area (Å²) in [4.78, 5) is 11.7. The van der Waals surface area contributed by atoms with Crippen LogP contribution in [0.1, 0.15) is 11.1 Å². The summed E-state index contributed by atoms with van der Waals surface area (Å²) < 4.78 is 7.21. The maximum atomic E-state index is 11.7. The van der Waals surface area contributed by atoms with Gasteiger partial charge < -0.3 is 15.1 Å². The number of anilines is 1. The predicted octanol–water partition coefficient (Wildman–Crippen LogP) is 5.44. The third kappa shape index (κ3) is 4.60. The van der Waals surface area contributed by atoms with Gasteiger partial charge >= 0.3 is 5.63 Å². The van der Waals surface area contributed by atoms with Crippen LogP contribution in [-0.4, -0.2) is 14.9 Å². The zero-order valence-corrected chi connectivity index (χ0v) is 19.3. The van der Waals surface area contributed by atoms with Crippen molar-refractivity contribution >= 4 is 34.0 Å². The van der Waals surface area contributed by atoms with Gasteiger partial charge in [-0.25, -0.2) is 9.48 Å². The van der Waals surface area contributed by atoms with Crippen molar-refractivity contribution < 1.29 is 4.42 Å². The summed E-state index contributed by atoms with van der Waals surface area (Å²) in [6, 6.07) is 27.2. The minimum atomic E-state index is -0.369. The van der Waals surface area contributed by atoms with Crippen molar-refractivity contribution in [2.75, 3.05) is 5.32 Å². The van der Waals surface area contributed by atoms with Gasteiger partial charge in [0.15, 0.2) is 5.11 Å². The molecule has 0 fully saturated rings. The molecule has 0 aliphatic carbocycles. The van der Waals surface area contributed by atoms with Crippen molar-refractivity contribution in [3.05, 3.63) is 113 Å². The number of hydrogen-bond acceptors (Lipinski definition) is 4. The second-order valence-corrected chi connectivity index (χ2v) is 8.32. The molecule has 7 heteroatoms. The molecule has 0 saturated heterocycles. The Morgan fingerprint density at radius 3 is 2.50 bits per heavy atom. The molecule has 0 saturated carbocycles. The normalized spacial score (nSPS) is 10.9. The molecule has 0 bridgehead atoms. The standard InChI is InChI=1S/C27H22N4O2S/c1-18-14-25(32)33-24-15-21(12-13-23(18)24)29-27(34)28-16-20-17-31(22-10-6-3-7-11-22)30-26(20)19-8-4-2-5-9-19/h2-15,17H,16H2,1H3,(H2,28,29,34). The molecule has 0 spiro atoms. The van der Waals surface area contributed by atoms with Crippen LogP contribution in [0.15, 0.2) is 100 Å². The lowest BCUT2D eigenvalue weighted by Gasteiger charge is -2.11. The summed E-state index contributed by atoms with van der Waals surface area (Å²) in [5.74, 6) is 0. The molecule has 3 aromatic carbocycles. The van der Waals surface area contributed by atoms with E-state index in [1.54, 1.807) is 6.07 Å². The summed E-state index contributed by atoms with van der Waals surface area (Å²) in [6.45, 7) is 2.38. The van der Waals surface area contributed by atoms with Gasteiger partial charge in [-0.2, -0.15) is 5.10 Å². The van der Waals surface area contributed by atoms with Gasteiger partial charge in [-0.1, -0.05) is 48.5 Å². The topological polar surface area (TPSA) is 72.1 Å². The van der Waals surface area contributed by atoms with Gasteiger partial charge in [0.05, 0.1) is 11.4 Å².